The van der Waals surface area contributed by atoms with Gasteiger partial charge in [0.1, 0.15) is 19.3 Å². The second kappa shape index (κ2) is 61.5. The molecule has 0 bridgehead atoms. The minimum atomic E-state index is -4.47. The number of hydrogen-bond donors (Lipinski definition) is 2. The van der Waals surface area contributed by atoms with Gasteiger partial charge in [-0.05, 0) is 96.0 Å². The third-order valence-corrected chi connectivity index (χ3v) is 16.4. The van der Waals surface area contributed by atoms with Crippen LogP contribution in [0.2, 0.25) is 0 Å². The molecule has 2 N–H and O–H groups in total. The number of nitrogens with zero attached hydrogens (tertiary/aromatic N) is 1. The van der Waals surface area contributed by atoms with Gasteiger partial charge in [0.25, 0.3) is 0 Å². The highest BCUT2D eigenvalue weighted by molar-refractivity contribution is 7.47. The summed E-state index contributed by atoms with van der Waals surface area (Å²) in [7, 11) is 1.47. The van der Waals surface area contributed by atoms with Gasteiger partial charge < -0.3 is 19.4 Å². The highest BCUT2D eigenvalue weighted by atomic mass is 31.2. The molecule has 0 aromatic carbocycles. The first kappa shape index (κ1) is 79.5. The van der Waals surface area contributed by atoms with E-state index >= 15 is 0 Å². The van der Waals surface area contributed by atoms with Crippen LogP contribution in [-0.4, -0.2) is 74.3 Å². The Morgan fingerprint density at radius 2 is 0.756 bits per heavy atom. The molecule has 1 amide bonds. The number of rotatable bonds is 63. The maximum Gasteiger partial charge on any atom is 0.472 e. The quantitative estimate of drug-likeness (QED) is 0.0205. The Labute approximate surface area is 508 Å². The molecule has 478 valence electrons. The Bertz CT molecular complexity index is 1630. The molecular weight excluding hydrogens is 1040 g/mol. The molecule has 10 heteroatoms. The second-order valence-corrected chi connectivity index (χ2v) is 26.1. The molecule has 0 aliphatic heterocycles. The number of likely N-dealkylation sites (N-methyl/N-ethyl adjacent to an activating group) is 1. The summed E-state index contributed by atoms with van der Waals surface area (Å²) in [4.78, 5) is 37.8. The summed E-state index contributed by atoms with van der Waals surface area (Å²) in [6.45, 7) is 6.97. The summed E-state index contributed by atoms with van der Waals surface area (Å²) < 4.78 is 30.7. The van der Waals surface area contributed by atoms with Crippen molar-refractivity contribution in [2.45, 2.75) is 335 Å². The highest BCUT2D eigenvalue weighted by Gasteiger charge is 2.30. The summed E-state index contributed by atoms with van der Waals surface area (Å²) in [6, 6.07) is -0.872. The molecule has 3 unspecified atom stereocenters. The van der Waals surface area contributed by atoms with Gasteiger partial charge in [0.2, 0.25) is 5.91 Å². The number of carbonyl (C=O) groups is 2. The van der Waals surface area contributed by atoms with Gasteiger partial charge >= 0.3 is 13.8 Å². The summed E-state index contributed by atoms with van der Waals surface area (Å²) in [5, 5.41) is 3.05. The molecule has 0 aliphatic carbocycles. The van der Waals surface area contributed by atoms with Gasteiger partial charge in [0.15, 0.2) is 0 Å². The number of carbonyl (C=O) groups excluding carboxylic acids is 2. The topological polar surface area (TPSA) is 111 Å². The van der Waals surface area contributed by atoms with Crippen LogP contribution in [0.5, 0.6) is 0 Å². The van der Waals surface area contributed by atoms with Gasteiger partial charge in [-0.1, -0.05) is 287 Å². The molecule has 0 aliphatic rings. The summed E-state index contributed by atoms with van der Waals surface area (Å²) in [6.07, 6.45) is 80.7. The number of nitrogens with one attached hydrogen (secondary N) is 1. The lowest BCUT2D eigenvalue weighted by atomic mass is 10.0. The Hall–Kier alpha value is -2.55. The van der Waals surface area contributed by atoms with Crippen molar-refractivity contribution in [1.82, 2.24) is 5.32 Å². The van der Waals surface area contributed by atoms with E-state index in [1.165, 1.54) is 218 Å². The van der Waals surface area contributed by atoms with Gasteiger partial charge in [-0.3, -0.25) is 18.6 Å². The fourth-order valence-corrected chi connectivity index (χ4v) is 10.7. The number of hydrogen-bond acceptors (Lipinski definition) is 6. The molecule has 0 heterocycles. The Morgan fingerprint density at radius 3 is 1.17 bits per heavy atom. The lowest BCUT2D eigenvalue weighted by molar-refractivity contribution is -0.870. The number of allylic oxidation sites excluding steroid dienone is 11. The molecule has 82 heavy (non-hydrogen) atoms. The first-order valence-electron chi connectivity index (χ1n) is 34.8. The highest BCUT2D eigenvalue weighted by Crippen LogP contribution is 2.43. The fraction of sp³-hybridized carbons (Fsp3) is 0.806. The van der Waals surface area contributed by atoms with Crippen LogP contribution < -0.4 is 5.32 Å². The monoisotopic (exact) mass is 1170 g/mol. The van der Waals surface area contributed by atoms with E-state index in [4.69, 9.17) is 13.8 Å². The number of phosphoric acid groups is 1. The predicted molar refractivity (Wildman–Crippen MR) is 355 cm³/mol. The van der Waals surface area contributed by atoms with Crippen LogP contribution in [0.4, 0.5) is 0 Å². The zero-order chi connectivity index (χ0) is 60.0. The van der Waals surface area contributed by atoms with Crippen LogP contribution in [0, 0.1) is 0 Å². The Kier molecular flexibility index (Phi) is 59.6. The average molecular weight is 1170 g/mol. The molecule has 3 atom stereocenters. The van der Waals surface area contributed by atoms with Crippen LogP contribution in [0.15, 0.2) is 72.9 Å². The van der Waals surface area contributed by atoms with Gasteiger partial charge in [-0.25, -0.2) is 4.57 Å². The van der Waals surface area contributed by atoms with E-state index in [0.29, 0.717) is 23.9 Å². The van der Waals surface area contributed by atoms with E-state index in [-0.39, 0.29) is 31.5 Å². The minimum Gasteiger partial charge on any atom is -0.456 e. The van der Waals surface area contributed by atoms with Crippen LogP contribution in [0.25, 0.3) is 0 Å². The third kappa shape index (κ3) is 62.0. The van der Waals surface area contributed by atoms with Crippen LogP contribution >= 0.6 is 7.82 Å². The smallest absolute Gasteiger partial charge is 0.456 e. The van der Waals surface area contributed by atoms with Gasteiger partial charge in [-0.2, -0.15) is 0 Å². The molecule has 0 radical (unpaired) electrons. The first-order chi connectivity index (χ1) is 39.9. The van der Waals surface area contributed by atoms with E-state index in [9.17, 15) is 19.0 Å². The van der Waals surface area contributed by atoms with Crippen LogP contribution in [0.3, 0.4) is 0 Å². The van der Waals surface area contributed by atoms with Crippen molar-refractivity contribution in [1.29, 1.82) is 0 Å². The molecule has 0 fully saturated rings. The SMILES string of the molecule is CCCCC/C=C\C/C=C\C/C=C\C/C=C\CCCC(=O)OC(/C=C\CCCCCCCCCCCC)C(COP(=O)(O)OCC[N+](C)(C)C)NC(=O)CCCCCCCCCCCCCCCCCCC/C=C/CCCCCCCC. The van der Waals surface area contributed by atoms with E-state index < -0.39 is 20.0 Å². The molecule has 0 aromatic rings. The zero-order valence-electron chi connectivity index (χ0n) is 54.7. The summed E-state index contributed by atoms with van der Waals surface area (Å²) in [5.74, 6) is -0.562. The normalized spacial score (nSPS) is 14.0. The number of ether oxygens (including phenoxy) is 1. The van der Waals surface area contributed by atoms with Gasteiger partial charge in [0, 0.05) is 12.8 Å². The lowest BCUT2D eigenvalue weighted by Gasteiger charge is -2.27. The molecule has 0 saturated carbocycles. The first-order valence-corrected chi connectivity index (χ1v) is 36.3. The second-order valence-electron chi connectivity index (χ2n) is 24.7. The van der Waals surface area contributed by atoms with Crippen molar-refractivity contribution in [2.75, 3.05) is 40.9 Å². The molecule has 0 saturated heterocycles. The number of amides is 1. The summed E-state index contributed by atoms with van der Waals surface area (Å²) >= 11 is 0. The molecular formula is C72H134N2O7P+. The minimum absolute atomic E-state index is 0.0311. The zero-order valence-corrected chi connectivity index (χ0v) is 55.6. The van der Waals surface area contributed by atoms with E-state index in [1.807, 2.05) is 33.3 Å². The van der Waals surface area contributed by atoms with Crippen LogP contribution in [-0.2, 0) is 27.9 Å². The van der Waals surface area contributed by atoms with Crippen molar-refractivity contribution < 1.29 is 37.3 Å². The maximum atomic E-state index is 13.6. The van der Waals surface area contributed by atoms with Crippen LogP contribution in [0.1, 0.15) is 323 Å². The maximum absolute atomic E-state index is 13.6. The molecule has 0 aromatic heterocycles. The predicted octanol–water partition coefficient (Wildman–Crippen LogP) is 22.0. The number of unbranched alkanes of at least 4 members (excludes halogenated alkanes) is 37. The number of esters is 1. The molecule has 0 spiro atoms. The molecule has 0 rings (SSSR count). The van der Waals surface area contributed by atoms with Crippen molar-refractivity contribution in [3.05, 3.63) is 72.9 Å². The summed E-state index contributed by atoms with van der Waals surface area (Å²) in [5.41, 5.74) is 0. The van der Waals surface area contributed by atoms with Crippen molar-refractivity contribution in [3.8, 4) is 0 Å². The molecule has 9 nitrogen and oxygen atoms in total. The largest absolute Gasteiger partial charge is 0.472 e. The van der Waals surface area contributed by atoms with E-state index in [2.05, 4.69) is 86.8 Å². The van der Waals surface area contributed by atoms with Crippen molar-refractivity contribution in [2.24, 2.45) is 0 Å². The van der Waals surface area contributed by atoms with Gasteiger partial charge in [-0.15, -0.1) is 0 Å². The Balaban J connectivity index is 5.07. The number of quaternary nitrogens is 1. The standard InChI is InChI=1S/C72H133N2O7P/c1-7-10-13-16-19-22-25-28-30-32-33-34-35-36-37-38-39-40-41-43-44-46-49-52-55-58-61-64-71(75)73-69(68-80-82(77,78)79-67-66-74(4,5)6)70(63-60-57-54-51-48-27-24-21-18-15-12-9-3)81-72(76)65-62-59-56-53-50-47-45-42-31-29-26-23-20-17-14-11-8-2/h20,23,28-31,45,47,53,56,60,63,69-70H,7-19,21-22,24-27,32-44,46,48-52,54-55,57-59,61-62,64-68H2,1-6H3,(H-,73,75,77,78)/p+1/b23-20-,30-28+,31-29-,47-45-,56-53-,63-60-. The fourth-order valence-electron chi connectivity index (χ4n) is 9.99. The third-order valence-electron chi connectivity index (χ3n) is 15.4. The van der Waals surface area contributed by atoms with E-state index in [1.54, 1.807) is 0 Å². The van der Waals surface area contributed by atoms with Crippen molar-refractivity contribution >= 4 is 19.7 Å². The van der Waals surface area contributed by atoms with E-state index in [0.717, 1.165) is 64.2 Å². The van der Waals surface area contributed by atoms with Gasteiger partial charge in [0.05, 0.1) is 33.8 Å². The Morgan fingerprint density at radius 1 is 0.427 bits per heavy atom. The lowest BCUT2D eigenvalue weighted by Crippen LogP contribution is -2.47. The average Bonchev–Trinajstić information content (AvgIpc) is 3.44. The number of phosphoric ester groups is 1. The van der Waals surface area contributed by atoms with Crippen molar-refractivity contribution in [3.63, 3.8) is 0 Å².